The minimum Gasteiger partial charge on any atom is -0.478 e. The Bertz CT molecular complexity index is 386. The Kier molecular flexibility index (Phi) is 4.20. The number of para-hydroxylation sites is 1. The van der Waals surface area contributed by atoms with Gasteiger partial charge in [0.05, 0.1) is 7.11 Å². The maximum absolute atomic E-state index is 10.8. The highest BCUT2D eigenvalue weighted by Crippen LogP contribution is 2.17. The van der Waals surface area contributed by atoms with Crippen LogP contribution in [0.5, 0.6) is 5.75 Å². The third-order valence-electron chi connectivity index (χ3n) is 1.78. The van der Waals surface area contributed by atoms with E-state index in [0.717, 1.165) is 0 Å². The van der Waals surface area contributed by atoms with Gasteiger partial charge >= 0.3 is 5.97 Å². The van der Waals surface area contributed by atoms with Crippen LogP contribution in [0.2, 0.25) is 0 Å². The molecule has 0 amide bonds. The van der Waals surface area contributed by atoms with Crippen molar-refractivity contribution < 1.29 is 24.1 Å². The van der Waals surface area contributed by atoms with Gasteiger partial charge in [0, 0.05) is 0 Å². The Morgan fingerprint density at radius 1 is 1.44 bits per heavy atom. The number of rotatable bonds is 6. The average Bonchev–Trinajstić information content (AvgIpc) is 2.29. The molecule has 0 fully saturated rings. The second-order valence-corrected chi connectivity index (χ2v) is 2.78. The number of carboxylic acid groups (broad SMARTS) is 1. The fourth-order valence-corrected chi connectivity index (χ4v) is 0.987. The van der Waals surface area contributed by atoms with Crippen molar-refractivity contribution in [1.82, 2.24) is 0 Å². The highest BCUT2D eigenvalue weighted by atomic mass is 16.7. The van der Waals surface area contributed by atoms with E-state index < -0.39 is 5.97 Å². The number of aromatic carboxylic acids is 1. The first kappa shape index (κ1) is 11.9. The van der Waals surface area contributed by atoms with Gasteiger partial charge in [-0.3, -0.25) is 0 Å². The molecule has 0 heterocycles. The molecule has 0 bridgehead atoms. The fourth-order valence-electron chi connectivity index (χ4n) is 0.987. The smallest absolute Gasteiger partial charge is 0.339 e. The van der Waals surface area contributed by atoms with Gasteiger partial charge in [0.1, 0.15) is 11.3 Å². The van der Waals surface area contributed by atoms with Gasteiger partial charge in [-0.15, -0.1) is 0 Å². The van der Waals surface area contributed by atoms with Gasteiger partial charge in [-0.25, -0.2) is 4.79 Å². The minimum atomic E-state index is -1.05. The van der Waals surface area contributed by atoms with Crippen LogP contribution in [0, 0.1) is 0 Å². The molecule has 0 aliphatic rings. The Balaban J connectivity index is 2.60. The first-order chi connectivity index (χ1) is 7.65. The monoisotopic (exact) mass is 224 g/mol. The van der Waals surface area contributed by atoms with Crippen LogP contribution >= 0.6 is 0 Å². The molecule has 0 unspecified atom stereocenters. The van der Waals surface area contributed by atoms with Crippen LogP contribution in [0.1, 0.15) is 10.4 Å². The molecule has 1 rings (SSSR count). The topological polar surface area (TPSA) is 65.0 Å². The lowest BCUT2D eigenvalue weighted by Crippen LogP contribution is -2.07. The van der Waals surface area contributed by atoms with Crippen LogP contribution in [-0.4, -0.2) is 25.0 Å². The molecule has 5 nitrogen and oxygen atoms in total. The van der Waals surface area contributed by atoms with E-state index in [2.05, 4.69) is 11.3 Å². The van der Waals surface area contributed by atoms with Crippen LogP contribution in [0.15, 0.2) is 36.8 Å². The Morgan fingerprint density at radius 3 is 2.75 bits per heavy atom. The van der Waals surface area contributed by atoms with E-state index in [4.69, 9.17) is 14.6 Å². The Labute approximate surface area is 92.9 Å². The van der Waals surface area contributed by atoms with Crippen molar-refractivity contribution in [3.05, 3.63) is 42.4 Å². The highest BCUT2D eigenvalue weighted by molar-refractivity contribution is 5.90. The van der Waals surface area contributed by atoms with Crippen molar-refractivity contribution in [2.75, 3.05) is 13.9 Å². The van der Waals surface area contributed by atoms with E-state index in [1.807, 2.05) is 0 Å². The summed E-state index contributed by atoms with van der Waals surface area (Å²) in [6.45, 7) is 3.27. The van der Waals surface area contributed by atoms with Crippen molar-refractivity contribution in [3.63, 3.8) is 0 Å². The van der Waals surface area contributed by atoms with Crippen molar-refractivity contribution in [2.24, 2.45) is 0 Å². The van der Waals surface area contributed by atoms with Gasteiger partial charge in [-0.05, 0) is 18.7 Å². The van der Waals surface area contributed by atoms with Crippen molar-refractivity contribution in [2.45, 2.75) is 0 Å². The summed E-state index contributed by atoms with van der Waals surface area (Å²) in [5, 5.41) is 8.86. The zero-order valence-electron chi connectivity index (χ0n) is 8.80. The molecule has 0 spiro atoms. The van der Waals surface area contributed by atoms with Crippen molar-refractivity contribution in [3.8, 4) is 5.75 Å². The summed E-state index contributed by atoms with van der Waals surface area (Å²) in [7, 11) is 1.41. The van der Waals surface area contributed by atoms with E-state index >= 15 is 0 Å². The predicted octanol–water partition coefficient (Wildman–Crippen LogP) is 1.86. The summed E-state index contributed by atoms with van der Waals surface area (Å²) < 4.78 is 14.7. The second kappa shape index (κ2) is 5.65. The molecule has 1 aromatic carbocycles. The quantitative estimate of drug-likeness (QED) is 0.590. The number of hydrogen-bond acceptors (Lipinski definition) is 4. The number of hydrogen-bond donors (Lipinski definition) is 1. The third kappa shape index (κ3) is 3.20. The van der Waals surface area contributed by atoms with Crippen molar-refractivity contribution >= 4 is 5.97 Å². The van der Waals surface area contributed by atoms with E-state index in [0.29, 0.717) is 0 Å². The van der Waals surface area contributed by atoms with Gasteiger partial charge in [-0.2, -0.15) is 0 Å². The van der Waals surface area contributed by atoms with Gasteiger partial charge in [0.2, 0.25) is 6.79 Å². The summed E-state index contributed by atoms with van der Waals surface area (Å²) in [6.07, 6.45) is 0. The number of carbonyl (C=O) groups is 1. The lowest BCUT2D eigenvalue weighted by Gasteiger charge is -2.10. The molecule has 0 saturated carbocycles. The molecule has 86 valence electrons. The predicted molar refractivity (Wildman–Crippen MR) is 56.1 cm³/mol. The summed E-state index contributed by atoms with van der Waals surface area (Å²) in [4.78, 5) is 10.8. The number of carboxylic acids is 1. The lowest BCUT2D eigenvalue weighted by atomic mass is 10.2. The second-order valence-electron chi connectivity index (χ2n) is 2.78. The SMILES string of the molecule is C=C(OC)OCOc1ccccc1C(=O)O. The van der Waals surface area contributed by atoms with Crippen LogP contribution in [0.25, 0.3) is 0 Å². The molecule has 0 saturated heterocycles. The molecule has 1 aromatic rings. The molecular formula is C11H12O5. The molecule has 0 radical (unpaired) electrons. The molecule has 16 heavy (non-hydrogen) atoms. The molecule has 5 heteroatoms. The van der Waals surface area contributed by atoms with Gasteiger partial charge in [0.25, 0.3) is 5.95 Å². The van der Waals surface area contributed by atoms with E-state index in [1.54, 1.807) is 18.2 Å². The maximum atomic E-state index is 10.8. The van der Waals surface area contributed by atoms with E-state index in [9.17, 15) is 4.79 Å². The molecule has 0 aromatic heterocycles. The van der Waals surface area contributed by atoms with Crippen molar-refractivity contribution in [1.29, 1.82) is 0 Å². The third-order valence-corrected chi connectivity index (χ3v) is 1.78. The Hall–Kier alpha value is -2.17. The number of benzene rings is 1. The Morgan fingerprint density at radius 2 is 2.12 bits per heavy atom. The molecule has 0 aliphatic carbocycles. The minimum absolute atomic E-state index is 0.0779. The first-order valence-electron chi connectivity index (χ1n) is 4.46. The fraction of sp³-hybridized carbons (Fsp3) is 0.182. The standard InChI is InChI=1S/C11H12O5/c1-8(14-2)15-7-16-10-6-4-3-5-9(10)11(12)13/h3-6H,1,7H2,2H3,(H,12,13). The van der Waals surface area contributed by atoms with Crippen LogP contribution in [0.4, 0.5) is 0 Å². The highest BCUT2D eigenvalue weighted by Gasteiger charge is 2.09. The molecule has 1 N–H and O–H groups in total. The van der Waals surface area contributed by atoms with Crippen LogP contribution < -0.4 is 4.74 Å². The zero-order valence-corrected chi connectivity index (χ0v) is 8.80. The maximum Gasteiger partial charge on any atom is 0.339 e. The van der Waals surface area contributed by atoms with Gasteiger partial charge < -0.3 is 19.3 Å². The number of ether oxygens (including phenoxy) is 3. The summed E-state index contributed by atoms with van der Waals surface area (Å²) in [6, 6.07) is 6.28. The van der Waals surface area contributed by atoms with Gasteiger partial charge in [-0.1, -0.05) is 12.1 Å². The summed E-state index contributed by atoms with van der Waals surface area (Å²) in [5.41, 5.74) is 0.0779. The molecule has 0 atom stereocenters. The van der Waals surface area contributed by atoms with Crippen LogP contribution in [0.3, 0.4) is 0 Å². The largest absolute Gasteiger partial charge is 0.478 e. The van der Waals surface area contributed by atoms with Crippen LogP contribution in [-0.2, 0) is 9.47 Å². The zero-order chi connectivity index (χ0) is 12.0. The van der Waals surface area contributed by atoms with E-state index in [1.165, 1.54) is 13.2 Å². The average molecular weight is 224 g/mol. The number of methoxy groups -OCH3 is 1. The normalized spacial score (nSPS) is 9.31. The van der Waals surface area contributed by atoms with Gasteiger partial charge in [0.15, 0.2) is 0 Å². The lowest BCUT2D eigenvalue weighted by molar-refractivity contribution is -0.0115. The summed E-state index contributed by atoms with van der Waals surface area (Å²) in [5.74, 6) is -0.715. The molecule has 0 aliphatic heterocycles. The first-order valence-corrected chi connectivity index (χ1v) is 4.46. The van der Waals surface area contributed by atoms with E-state index in [-0.39, 0.29) is 24.1 Å². The molecular weight excluding hydrogens is 212 g/mol. The summed E-state index contributed by atoms with van der Waals surface area (Å²) >= 11 is 0.